The van der Waals surface area contributed by atoms with Crippen LogP contribution in [-0.2, 0) is 4.79 Å². The van der Waals surface area contributed by atoms with Crippen molar-refractivity contribution in [2.45, 2.75) is 13.0 Å². The highest BCUT2D eigenvalue weighted by atomic mass is 32.1. The van der Waals surface area contributed by atoms with E-state index in [4.69, 9.17) is 14.5 Å². The number of esters is 1. The van der Waals surface area contributed by atoms with Crippen molar-refractivity contribution in [3.8, 4) is 11.5 Å². The number of nitrogens with one attached hydrogen (secondary N) is 1. The lowest BCUT2D eigenvalue weighted by Gasteiger charge is -2.25. The zero-order valence-electron chi connectivity index (χ0n) is 27.2. The van der Waals surface area contributed by atoms with Gasteiger partial charge in [-0.3, -0.25) is 24.3 Å². The first-order valence-corrected chi connectivity index (χ1v) is 16.5. The van der Waals surface area contributed by atoms with Crippen LogP contribution in [0.2, 0.25) is 0 Å². The number of allylic oxidation sites excluding steroid dienone is 1. The Balaban J connectivity index is 1.37. The molecule has 0 unspecified atom stereocenters. The Kier molecular flexibility index (Phi) is 8.82. The van der Waals surface area contributed by atoms with Gasteiger partial charge in [0, 0.05) is 23.4 Å². The predicted octanol–water partition coefficient (Wildman–Crippen LogP) is 6.16. The molecule has 12 heteroatoms. The summed E-state index contributed by atoms with van der Waals surface area (Å²) in [6.07, 6.45) is 1.66. The van der Waals surface area contributed by atoms with Crippen LogP contribution in [0.4, 0.5) is 11.4 Å². The number of non-ortho nitro benzene ring substituents is 1. The van der Waals surface area contributed by atoms with E-state index in [9.17, 15) is 24.5 Å². The number of carbonyl (C=O) groups excluding carboxylic acids is 2. The molecule has 1 aromatic heterocycles. The lowest BCUT2D eigenvalue weighted by Crippen LogP contribution is -2.40. The number of ether oxygens (including phenoxy) is 2. The van der Waals surface area contributed by atoms with Crippen molar-refractivity contribution in [3.05, 3.63) is 173 Å². The molecule has 1 amide bonds. The van der Waals surface area contributed by atoms with E-state index in [0.717, 1.165) is 22.1 Å². The van der Waals surface area contributed by atoms with Crippen molar-refractivity contribution in [1.82, 2.24) is 4.57 Å². The van der Waals surface area contributed by atoms with Gasteiger partial charge in [-0.25, -0.2) is 9.79 Å². The van der Waals surface area contributed by atoms with Crippen LogP contribution in [0, 0.1) is 10.1 Å². The van der Waals surface area contributed by atoms with Gasteiger partial charge in [-0.05, 0) is 71.8 Å². The molecule has 7 rings (SSSR count). The summed E-state index contributed by atoms with van der Waals surface area (Å²) in [5.41, 5.74) is 2.04. The zero-order chi connectivity index (χ0) is 35.6. The Morgan fingerprint density at radius 2 is 1.69 bits per heavy atom. The molecule has 0 radical (unpaired) electrons. The summed E-state index contributed by atoms with van der Waals surface area (Å²) in [7, 11) is 1.55. The predicted molar refractivity (Wildman–Crippen MR) is 194 cm³/mol. The summed E-state index contributed by atoms with van der Waals surface area (Å²) < 4.78 is 13.1. The number of hydrogen-bond donors (Lipinski definition) is 1. The number of hydrogen-bond acceptors (Lipinski definition) is 9. The van der Waals surface area contributed by atoms with Crippen molar-refractivity contribution < 1.29 is 24.0 Å². The van der Waals surface area contributed by atoms with Crippen LogP contribution in [0.3, 0.4) is 0 Å². The second-order valence-corrected chi connectivity index (χ2v) is 12.6. The smallest absolute Gasteiger partial charge is 0.343 e. The maximum Gasteiger partial charge on any atom is 0.343 e. The molecule has 1 N–H and O–H groups in total. The lowest BCUT2D eigenvalue weighted by molar-refractivity contribution is -0.384. The third-order valence-electron chi connectivity index (χ3n) is 8.43. The Morgan fingerprint density at radius 1 is 0.941 bits per heavy atom. The number of anilines is 1. The average Bonchev–Trinajstić information content (AvgIpc) is 3.45. The van der Waals surface area contributed by atoms with Crippen LogP contribution in [0.25, 0.3) is 16.8 Å². The SMILES string of the molecule is COc1cccc([C@H]2C(C(=O)Nc3ccccc3)=C(C)N=c3s/c(=C\c4c(OC(=O)c5ccc([N+](=O)[O-])cc5)ccc5ccccc45)c(=O)n32)c1. The molecular weight excluding hydrogens is 669 g/mol. The first-order chi connectivity index (χ1) is 24.7. The minimum atomic E-state index is -0.839. The molecule has 51 heavy (non-hydrogen) atoms. The lowest BCUT2D eigenvalue weighted by atomic mass is 9.95. The van der Waals surface area contributed by atoms with E-state index >= 15 is 0 Å². The number of rotatable bonds is 8. The van der Waals surface area contributed by atoms with Crippen molar-refractivity contribution in [2.75, 3.05) is 12.4 Å². The second-order valence-electron chi connectivity index (χ2n) is 11.6. The molecule has 1 atom stereocenters. The van der Waals surface area contributed by atoms with Gasteiger partial charge in [0.1, 0.15) is 11.5 Å². The Hall–Kier alpha value is -6.66. The molecule has 0 spiro atoms. The van der Waals surface area contributed by atoms with Crippen molar-refractivity contribution in [3.63, 3.8) is 0 Å². The molecule has 0 fully saturated rings. The third kappa shape index (κ3) is 6.43. The molecular formula is C39H28N4O7S. The molecule has 6 aromatic rings. The number of fused-ring (bicyclic) bond motifs is 2. The van der Waals surface area contributed by atoms with Gasteiger partial charge in [0.25, 0.3) is 17.2 Å². The summed E-state index contributed by atoms with van der Waals surface area (Å²) in [5.74, 6) is -0.383. The summed E-state index contributed by atoms with van der Waals surface area (Å²) in [6.45, 7) is 1.74. The van der Waals surface area contributed by atoms with E-state index in [1.54, 1.807) is 62.6 Å². The van der Waals surface area contributed by atoms with Crippen LogP contribution >= 0.6 is 11.3 Å². The maximum absolute atomic E-state index is 14.5. The molecule has 5 aromatic carbocycles. The number of para-hydroxylation sites is 1. The van der Waals surface area contributed by atoms with Gasteiger partial charge < -0.3 is 14.8 Å². The number of benzene rings is 5. The summed E-state index contributed by atoms with van der Waals surface area (Å²) >= 11 is 1.15. The number of thiazole rings is 1. The molecule has 1 aliphatic rings. The fraction of sp³-hybridized carbons (Fsp3) is 0.0769. The van der Waals surface area contributed by atoms with Crippen molar-refractivity contribution in [1.29, 1.82) is 0 Å². The number of nitro benzene ring substituents is 1. The standard InChI is InChI=1S/C39H28N4O7S/c1-23-34(36(44)41-27-11-4-3-5-12-27)35(26-10-8-13-29(21-26)49-2)42-37(45)33(51-39(42)40-23)22-31-30-14-7-6-9-24(30)17-20-32(31)50-38(46)25-15-18-28(19-16-25)43(47)48/h3-22,35H,1-2H3,(H,41,44)/b33-22-/t35-/m0/s1. The first-order valence-electron chi connectivity index (χ1n) is 15.7. The van der Waals surface area contributed by atoms with Gasteiger partial charge in [-0.2, -0.15) is 0 Å². The van der Waals surface area contributed by atoms with E-state index < -0.39 is 28.4 Å². The molecule has 0 saturated carbocycles. The van der Waals surface area contributed by atoms with Crippen molar-refractivity contribution in [2.24, 2.45) is 4.99 Å². The van der Waals surface area contributed by atoms with Gasteiger partial charge in [-0.1, -0.05) is 72.0 Å². The topological polar surface area (TPSA) is 142 Å². The van der Waals surface area contributed by atoms with Gasteiger partial charge in [-0.15, -0.1) is 0 Å². The van der Waals surface area contributed by atoms with E-state index in [1.807, 2.05) is 48.5 Å². The van der Waals surface area contributed by atoms with Gasteiger partial charge in [0.2, 0.25) is 0 Å². The number of carbonyl (C=O) groups is 2. The summed E-state index contributed by atoms with van der Waals surface area (Å²) in [4.78, 5) is 57.4. The summed E-state index contributed by atoms with van der Waals surface area (Å²) in [5, 5.41) is 15.6. The molecule has 0 bridgehead atoms. The number of nitrogens with zero attached hydrogens (tertiary/aromatic N) is 3. The first kappa shape index (κ1) is 32.9. The highest BCUT2D eigenvalue weighted by Gasteiger charge is 2.33. The highest BCUT2D eigenvalue weighted by Crippen LogP contribution is 2.33. The molecule has 0 saturated heterocycles. The van der Waals surface area contributed by atoms with Crippen LogP contribution < -0.4 is 29.7 Å². The molecule has 1 aliphatic heterocycles. The van der Waals surface area contributed by atoms with Crippen LogP contribution in [0.15, 0.2) is 136 Å². The zero-order valence-corrected chi connectivity index (χ0v) is 28.0. The van der Waals surface area contributed by atoms with Crippen LogP contribution in [0.1, 0.15) is 34.5 Å². The molecule has 2 heterocycles. The summed E-state index contributed by atoms with van der Waals surface area (Å²) in [6, 6.07) is 31.4. The average molecular weight is 697 g/mol. The Morgan fingerprint density at radius 3 is 2.43 bits per heavy atom. The second kappa shape index (κ2) is 13.7. The van der Waals surface area contributed by atoms with Crippen LogP contribution in [0.5, 0.6) is 11.5 Å². The fourth-order valence-electron chi connectivity index (χ4n) is 5.98. The molecule has 11 nitrogen and oxygen atoms in total. The molecule has 252 valence electrons. The van der Waals surface area contributed by atoms with Crippen LogP contribution in [-0.4, -0.2) is 28.5 Å². The maximum atomic E-state index is 14.5. The number of aromatic nitrogens is 1. The van der Waals surface area contributed by atoms with Gasteiger partial charge >= 0.3 is 5.97 Å². The highest BCUT2D eigenvalue weighted by molar-refractivity contribution is 7.07. The van der Waals surface area contributed by atoms with E-state index in [-0.39, 0.29) is 17.0 Å². The van der Waals surface area contributed by atoms with Gasteiger partial charge in [0.05, 0.1) is 39.4 Å². The monoisotopic (exact) mass is 696 g/mol. The normalized spacial score (nSPS) is 14.1. The van der Waals surface area contributed by atoms with Crippen molar-refractivity contribution >= 4 is 51.4 Å². The number of methoxy groups -OCH3 is 1. The van der Waals surface area contributed by atoms with E-state index in [1.165, 1.54) is 28.8 Å². The largest absolute Gasteiger partial charge is 0.497 e. The van der Waals surface area contributed by atoms with E-state index in [0.29, 0.717) is 43.2 Å². The minimum absolute atomic E-state index is 0.120. The quantitative estimate of drug-likeness (QED) is 0.0869. The van der Waals surface area contributed by atoms with E-state index in [2.05, 4.69) is 5.32 Å². The minimum Gasteiger partial charge on any atom is -0.497 e. The number of nitro groups is 1. The third-order valence-corrected chi connectivity index (χ3v) is 9.41. The van der Waals surface area contributed by atoms with Gasteiger partial charge in [0.15, 0.2) is 4.80 Å². The Bertz CT molecular complexity index is 2580. The number of amides is 1. The fourth-order valence-corrected chi connectivity index (χ4v) is 7.01. The molecule has 0 aliphatic carbocycles. The Labute approximate surface area is 294 Å².